The third kappa shape index (κ3) is 2.75. The van der Waals surface area contributed by atoms with E-state index in [2.05, 4.69) is 17.2 Å². The molecule has 1 saturated heterocycles. The molecule has 0 radical (unpaired) electrons. The quantitative estimate of drug-likeness (QED) is 0.849. The number of nitrogens with one attached hydrogen (secondary N) is 1. The number of carbonyl (C=O) groups excluding carboxylic acids is 1. The van der Waals surface area contributed by atoms with Crippen LogP contribution in [0.1, 0.15) is 30.3 Å². The van der Waals surface area contributed by atoms with Crippen molar-refractivity contribution >= 4 is 11.6 Å². The number of hydrogen-bond acceptors (Lipinski definition) is 3. The molecule has 0 saturated carbocycles. The molecule has 1 aliphatic rings. The first-order chi connectivity index (χ1) is 8.20. The van der Waals surface area contributed by atoms with Gasteiger partial charge in [0, 0.05) is 20.1 Å². The Balaban J connectivity index is 2.07. The summed E-state index contributed by atoms with van der Waals surface area (Å²) in [4.78, 5) is 18.3. The summed E-state index contributed by atoms with van der Waals surface area (Å²) in [6.45, 7) is 3.91. The molecular weight excluding hydrogens is 214 g/mol. The Kier molecular flexibility index (Phi) is 3.61. The molecule has 4 nitrogen and oxygen atoms in total. The van der Waals surface area contributed by atoms with Crippen LogP contribution in [-0.2, 0) is 0 Å². The molecule has 17 heavy (non-hydrogen) atoms. The van der Waals surface area contributed by atoms with Crippen LogP contribution in [-0.4, -0.2) is 35.9 Å². The van der Waals surface area contributed by atoms with Crippen molar-refractivity contribution in [3.8, 4) is 0 Å². The lowest BCUT2D eigenvalue weighted by molar-refractivity contribution is 0.0677. The zero-order chi connectivity index (χ0) is 12.3. The number of pyridine rings is 1. The van der Waals surface area contributed by atoms with Gasteiger partial charge in [-0.2, -0.15) is 0 Å². The van der Waals surface area contributed by atoms with Crippen LogP contribution < -0.4 is 5.32 Å². The van der Waals surface area contributed by atoms with Gasteiger partial charge in [-0.25, -0.2) is 4.98 Å². The molecule has 0 aliphatic carbocycles. The van der Waals surface area contributed by atoms with E-state index in [1.807, 2.05) is 18.0 Å². The lowest BCUT2D eigenvalue weighted by Gasteiger charge is -2.30. The Morgan fingerprint density at radius 1 is 1.53 bits per heavy atom. The third-order valence-corrected chi connectivity index (χ3v) is 3.22. The fourth-order valence-corrected chi connectivity index (χ4v) is 2.20. The Labute approximate surface area is 102 Å². The molecule has 1 fully saturated rings. The van der Waals surface area contributed by atoms with E-state index in [4.69, 9.17) is 0 Å². The number of piperidine rings is 1. The second-order valence-corrected chi connectivity index (χ2v) is 4.68. The molecule has 1 aliphatic heterocycles. The standard InChI is InChI=1S/C13H19N3O/c1-10-4-3-7-16(9-10)13(17)12-6-5-11(14-2)8-15-12/h5-6,8,10,14H,3-4,7,9H2,1-2H3. The largest absolute Gasteiger partial charge is 0.387 e. The van der Waals surface area contributed by atoms with Crippen molar-refractivity contribution < 1.29 is 4.79 Å². The zero-order valence-corrected chi connectivity index (χ0v) is 10.4. The molecule has 1 N–H and O–H groups in total. The number of anilines is 1. The molecule has 92 valence electrons. The molecule has 1 unspecified atom stereocenters. The summed E-state index contributed by atoms with van der Waals surface area (Å²) < 4.78 is 0. The highest BCUT2D eigenvalue weighted by Crippen LogP contribution is 2.17. The summed E-state index contributed by atoms with van der Waals surface area (Å²) in [5.74, 6) is 0.656. The Bertz CT molecular complexity index is 388. The van der Waals surface area contributed by atoms with Gasteiger partial charge < -0.3 is 10.2 Å². The van der Waals surface area contributed by atoms with Crippen molar-refractivity contribution in [3.05, 3.63) is 24.0 Å². The van der Waals surface area contributed by atoms with Gasteiger partial charge in [-0.1, -0.05) is 6.92 Å². The third-order valence-electron chi connectivity index (χ3n) is 3.22. The van der Waals surface area contributed by atoms with Gasteiger partial charge in [0.1, 0.15) is 5.69 Å². The SMILES string of the molecule is CNc1ccc(C(=O)N2CCCC(C)C2)nc1. The van der Waals surface area contributed by atoms with Crippen LogP contribution in [0.4, 0.5) is 5.69 Å². The van der Waals surface area contributed by atoms with Crippen molar-refractivity contribution in [2.75, 3.05) is 25.5 Å². The van der Waals surface area contributed by atoms with Crippen molar-refractivity contribution in [2.24, 2.45) is 5.92 Å². The minimum absolute atomic E-state index is 0.0548. The number of likely N-dealkylation sites (tertiary alicyclic amines) is 1. The van der Waals surface area contributed by atoms with Crippen LogP contribution in [0.5, 0.6) is 0 Å². The first-order valence-electron chi connectivity index (χ1n) is 6.14. The number of rotatable bonds is 2. The predicted octanol–water partition coefficient (Wildman–Crippen LogP) is 2.00. The summed E-state index contributed by atoms with van der Waals surface area (Å²) in [7, 11) is 1.84. The summed E-state index contributed by atoms with van der Waals surface area (Å²) >= 11 is 0. The van der Waals surface area contributed by atoms with Gasteiger partial charge in [0.15, 0.2) is 0 Å². The van der Waals surface area contributed by atoms with Gasteiger partial charge in [-0.3, -0.25) is 4.79 Å². The molecule has 2 rings (SSSR count). The van der Waals surface area contributed by atoms with Crippen LogP contribution in [0.15, 0.2) is 18.3 Å². The van der Waals surface area contributed by atoms with E-state index in [-0.39, 0.29) is 5.91 Å². The normalized spacial score (nSPS) is 20.1. The average molecular weight is 233 g/mol. The lowest BCUT2D eigenvalue weighted by atomic mass is 10.00. The van der Waals surface area contributed by atoms with E-state index in [0.29, 0.717) is 11.6 Å². The number of aromatic nitrogens is 1. The van der Waals surface area contributed by atoms with E-state index in [1.54, 1.807) is 12.3 Å². The average Bonchev–Trinajstić information content (AvgIpc) is 2.38. The van der Waals surface area contributed by atoms with E-state index in [1.165, 1.54) is 6.42 Å². The van der Waals surface area contributed by atoms with E-state index < -0.39 is 0 Å². The number of nitrogens with zero attached hydrogens (tertiary/aromatic N) is 2. The fraction of sp³-hybridized carbons (Fsp3) is 0.538. The maximum atomic E-state index is 12.2. The molecule has 0 aromatic carbocycles. The summed E-state index contributed by atoms with van der Waals surface area (Å²) in [5, 5.41) is 2.99. The summed E-state index contributed by atoms with van der Waals surface area (Å²) in [6, 6.07) is 3.67. The molecular formula is C13H19N3O. The summed E-state index contributed by atoms with van der Waals surface area (Å²) in [6.07, 6.45) is 4.01. The van der Waals surface area contributed by atoms with Crippen LogP contribution in [0.2, 0.25) is 0 Å². The van der Waals surface area contributed by atoms with Crippen LogP contribution in [0.25, 0.3) is 0 Å². The van der Waals surface area contributed by atoms with Gasteiger partial charge in [0.05, 0.1) is 11.9 Å². The Morgan fingerprint density at radius 3 is 2.94 bits per heavy atom. The Morgan fingerprint density at radius 2 is 2.35 bits per heavy atom. The number of hydrogen-bond donors (Lipinski definition) is 1. The highest BCUT2D eigenvalue weighted by molar-refractivity contribution is 5.92. The van der Waals surface area contributed by atoms with Gasteiger partial charge in [-0.15, -0.1) is 0 Å². The smallest absolute Gasteiger partial charge is 0.272 e. The molecule has 2 heterocycles. The molecule has 4 heteroatoms. The Hall–Kier alpha value is -1.58. The molecule has 0 spiro atoms. The highest BCUT2D eigenvalue weighted by atomic mass is 16.2. The minimum atomic E-state index is 0.0548. The molecule has 1 atom stereocenters. The topological polar surface area (TPSA) is 45.2 Å². The maximum absolute atomic E-state index is 12.2. The zero-order valence-electron chi connectivity index (χ0n) is 10.4. The lowest BCUT2D eigenvalue weighted by Crippen LogP contribution is -2.39. The maximum Gasteiger partial charge on any atom is 0.272 e. The van der Waals surface area contributed by atoms with E-state index >= 15 is 0 Å². The first kappa shape index (κ1) is 11.9. The summed E-state index contributed by atoms with van der Waals surface area (Å²) in [5.41, 5.74) is 1.46. The second kappa shape index (κ2) is 5.17. The van der Waals surface area contributed by atoms with Crippen LogP contribution >= 0.6 is 0 Å². The molecule has 1 aromatic rings. The highest BCUT2D eigenvalue weighted by Gasteiger charge is 2.22. The van der Waals surface area contributed by atoms with Gasteiger partial charge in [0.2, 0.25) is 0 Å². The second-order valence-electron chi connectivity index (χ2n) is 4.68. The number of amides is 1. The molecule has 1 aromatic heterocycles. The first-order valence-corrected chi connectivity index (χ1v) is 6.14. The van der Waals surface area contributed by atoms with Crippen molar-refractivity contribution in [2.45, 2.75) is 19.8 Å². The van der Waals surface area contributed by atoms with Gasteiger partial charge in [0.25, 0.3) is 5.91 Å². The monoisotopic (exact) mass is 233 g/mol. The number of carbonyl (C=O) groups is 1. The van der Waals surface area contributed by atoms with Gasteiger partial charge in [-0.05, 0) is 30.9 Å². The van der Waals surface area contributed by atoms with Crippen molar-refractivity contribution in [3.63, 3.8) is 0 Å². The molecule has 0 bridgehead atoms. The van der Waals surface area contributed by atoms with Crippen LogP contribution in [0.3, 0.4) is 0 Å². The van der Waals surface area contributed by atoms with Crippen LogP contribution in [0, 0.1) is 5.92 Å². The minimum Gasteiger partial charge on any atom is -0.387 e. The fourth-order valence-electron chi connectivity index (χ4n) is 2.20. The van der Waals surface area contributed by atoms with E-state index in [9.17, 15) is 4.79 Å². The predicted molar refractivity (Wildman–Crippen MR) is 68.1 cm³/mol. The van der Waals surface area contributed by atoms with Gasteiger partial charge >= 0.3 is 0 Å². The molecule has 1 amide bonds. The van der Waals surface area contributed by atoms with E-state index in [0.717, 1.165) is 25.2 Å². The van der Waals surface area contributed by atoms with Crippen molar-refractivity contribution in [1.29, 1.82) is 0 Å². The van der Waals surface area contributed by atoms with Crippen molar-refractivity contribution in [1.82, 2.24) is 9.88 Å².